The number of aliphatic hydroxyl groups is 1. The van der Waals surface area contributed by atoms with Crippen molar-refractivity contribution >= 4 is 11.6 Å². The van der Waals surface area contributed by atoms with Crippen molar-refractivity contribution in [2.24, 2.45) is 0 Å². The number of nitro benzene ring substituents is 1. The first-order valence-electron chi connectivity index (χ1n) is 5.57. The number of carbonyl (C=O) groups excluding carboxylic acids is 1. The molecule has 0 unspecified atom stereocenters. The first-order valence-corrected chi connectivity index (χ1v) is 5.57. The van der Waals surface area contributed by atoms with Crippen LogP contribution in [-0.2, 0) is 0 Å². The molecule has 1 aliphatic rings. The Morgan fingerprint density at radius 3 is 2.61 bits per heavy atom. The van der Waals surface area contributed by atoms with Gasteiger partial charge in [0.25, 0.3) is 11.6 Å². The van der Waals surface area contributed by atoms with Crippen LogP contribution in [0.15, 0.2) is 18.2 Å². The molecule has 1 amide bonds. The number of hydrogen-bond donors (Lipinski definition) is 1. The van der Waals surface area contributed by atoms with Crippen LogP contribution in [0.25, 0.3) is 0 Å². The Kier molecular flexibility index (Phi) is 2.82. The highest BCUT2D eigenvalue weighted by Crippen LogP contribution is 2.26. The van der Waals surface area contributed by atoms with E-state index in [0.29, 0.717) is 0 Å². The van der Waals surface area contributed by atoms with E-state index in [0.717, 1.165) is 5.56 Å². The summed E-state index contributed by atoms with van der Waals surface area (Å²) in [6, 6.07) is 4.44. The van der Waals surface area contributed by atoms with Gasteiger partial charge in [-0.05, 0) is 25.5 Å². The number of benzene rings is 1. The fourth-order valence-electron chi connectivity index (χ4n) is 2.07. The summed E-state index contributed by atoms with van der Waals surface area (Å²) in [6.07, 6.45) is 0. The van der Waals surface area contributed by atoms with Crippen LogP contribution in [-0.4, -0.2) is 39.5 Å². The smallest absolute Gasteiger partial charge is 0.282 e. The maximum atomic E-state index is 12.1. The molecule has 0 spiro atoms. The minimum Gasteiger partial charge on any atom is -0.386 e. The van der Waals surface area contributed by atoms with Crippen molar-refractivity contribution in [1.82, 2.24) is 4.90 Å². The molecule has 0 radical (unpaired) electrons. The molecule has 0 aromatic heterocycles. The summed E-state index contributed by atoms with van der Waals surface area (Å²) in [7, 11) is 0. The van der Waals surface area contributed by atoms with E-state index in [1.165, 1.54) is 17.0 Å². The molecule has 1 aromatic carbocycles. The Labute approximate surface area is 104 Å². The number of hydrogen-bond acceptors (Lipinski definition) is 4. The van der Waals surface area contributed by atoms with Gasteiger partial charge in [-0.1, -0.05) is 6.07 Å². The Hall–Kier alpha value is -1.95. The molecule has 0 saturated carbocycles. The Balaban J connectivity index is 2.30. The zero-order chi connectivity index (χ0) is 13.5. The molecule has 2 rings (SSSR count). The summed E-state index contributed by atoms with van der Waals surface area (Å²) < 4.78 is 0. The van der Waals surface area contributed by atoms with Gasteiger partial charge in [0.2, 0.25) is 0 Å². The van der Waals surface area contributed by atoms with Crippen molar-refractivity contribution in [2.75, 3.05) is 13.1 Å². The van der Waals surface area contributed by atoms with Crippen molar-refractivity contribution in [3.8, 4) is 0 Å². The number of likely N-dealkylation sites (tertiary alicyclic amines) is 1. The van der Waals surface area contributed by atoms with Gasteiger partial charge in [-0.3, -0.25) is 14.9 Å². The van der Waals surface area contributed by atoms with E-state index in [2.05, 4.69) is 0 Å². The summed E-state index contributed by atoms with van der Waals surface area (Å²) in [4.78, 5) is 23.8. The molecule has 1 saturated heterocycles. The molecule has 1 fully saturated rings. The minimum atomic E-state index is -0.881. The molecule has 6 nitrogen and oxygen atoms in total. The lowest BCUT2D eigenvalue weighted by Crippen LogP contribution is -2.61. The van der Waals surface area contributed by atoms with Crippen molar-refractivity contribution in [3.63, 3.8) is 0 Å². The molecule has 6 heteroatoms. The second kappa shape index (κ2) is 4.06. The normalized spacial score (nSPS) is 17.2. The summed E-state index contributed by atoms with van der Waals surface area (Å²) in [5.74, 6) is -0.406. The molecule has 1 aromatic rings. The monoisotopic (exact) mass is 250 g/mol. The van der Waals surface area contributed by atoms with Crippen LogP contribution in [0.2, 0.25) is 0 Å². The van der Waals surface area contributed by atoms with Gasteiger partial charge in [0, 0.05) is 6.07 Å². The number of rotatable bonds is 2. The topological polar surface area (TPSA) is 83.7 Å². The highest BCUT2D eigenvalue weighted by Gasteiger charge is 2.41. The molecule has 1 aliphatic heterocycles. The second-order valence-corrected chi connectivity index (χ2v) is 4.94. The third kappa shape index (κ3) is 2.19. The van der Waals surface area contributed by atoms with E-state index in [1.807, 2.05) is 0 Å². The lowest BCUT2D eigenvalue weighted by Gasteiger charge is -2.44. The van der Waals surface area contributed by atoms with Gasteiger partial charge in [-0.2, -0.15) is 0 Å². The lowest BCUT2D eigenvalue weighted by atomic mass is 9.95. The Morgan fingerprint density at radius 1 is 1.50 bits per heavy atom. The zero-order valence-electron chi connectivity index (χ0n) is 10.2. The highest BCUT2D eigenvalue weighted by molar-refractivity contribution is 5.99. The van der Waals surface area contributed by atoms with Crippen LogP contribution in [0.5, 0.6) is 0 Å². The van der Waals surface area contributed by atoms with Crippen LogP contribution >= 0.6 is 0 Å². The summed E-state index contributed by atoms with van der Waals surface area (Å²) in [5.41, 5.74) is -0.210. The van der Waals surface area contributed by atoms with E-state index in [1.54, 1.807) is 19.9 Å². The summed E-state index contributed by atoms with van der Waals surface area (Å²) >= 11 is 0. The second-order valence-electron chi connectivity index (χ2n) is 4.94. The average molecular weight is 250 g/mol. The molecule has 1 heterocycles. The average Bonchev–Trinajstić information content (AvgIpc) is 2.24. The number of nitrogens with zero attached hydrogens (tertiary/aromatic N) is 2. The quantitative estimate of drug-likeness (QED) is 0.629. The van der Waals surface area contributed by atoms with Crippen molar-refractivity contribution in [1.29, 1.82) is 0 Å². The predicted octanol–water partition coefficient (Wildman–Crippen LogP) is 1.11. The van der Waals surface area contributed by atoms with Crippen molar-refractivity contribution in [3.05, 3.63) is 39.4 Å². The maximum Gasteiger partial charge on any atom is 0.282 e. The third-order valence-electron chi connectivity index (χ3n) is 2.93. The fourth-order valence-corrected chi connectivity index (χ4v) is 2.07. The van der Waals surface area contributed by atoms with Crippen LogP contribution in [0.1, 0.15) is 22.8 Å². The number of nitro groups is 1. The predicted molar refractivity (Wildman–Crippen MR) is 64.4 cm³/mol. The van der Waals surface area contributed by atoms with Crippen LogP contribution < -0.4 is 0 Å². The zero-order valence-corrected chi connectivity index (χ0v) is 10.2. The van der Waals surface area contributed by atoms with Gasteiger partial charge in [0.05, 0.1) is 23.6 Å². The van der Waals surface area contributed by atoms with E-state index in [-0.39, 0.29) is 24.3 Å². The van der Waals surface area contributed by atoms with Gasteiger partial charge in [-0.15, -0.1) is 0 Å². The standard InChI is InChI=1S/C12H14N2O4/c1-8-3-4-10(14(17)18)9(5-8)11(15)13-6-12(2,16)7-13/h3-5,16H,6-7H2,1-2H3. The van der Waals surface area contributed by atoms with Crippen LogP contribution in [0.4, 0.5) is 5.69 Å². The maximum absolute atomic E-state index is 12.1. The SMILES string of the molecule is Cc1ccc([N+](=O)[O-])c(C(=O)N2CC(C)(O)C2)c1. The molecule has 18 heavy (non-hydrogen) atoms. The molecule has 96 valence electrons. The molecule has 0 atom stereocenters. The highest BCUT2D eigenvalue weighted by atomic mass is 16.6. The van der Waals surface area contributed by atoms with Gasteiger partial charge in [-0.25, -0.2) is 0 Å². The number of β-amino-alcohol motifs (C(OH)–C–C–N with tert-alkyl or cyclic N) is 1. The Morgan fingerprint density at radius 2 is 2.11 bits per heavy atom. The summed E-state index contributed by atoms with van der Waals surface area (Å²) in [6.45, 7) is 3.81. The van der Waals surface area contributed by atoms with Gasteiger partial charge in [0.15, 0.2) is 0 Å². The van der Waals surface area contributed by atoms with Crippen LogP contribution in [0.3, 0.4) is 0 Å². The lowest BCUT2D eigenvalue weighted by molar-refractivity contribution is -0.385. The number of carbonyl (C=O) groups is 1. The van der Waals surface area contributed by atoms with E-state index < -0.39 is 16.4 Å². The van der Waals surface area contributed by atoms with Gasteiger partial charge >= 0.3 is 0 Å². The van der Waals surface area contributed by atoms with Crippen molar-refractivity contribution in [2.45, 2.75) is 19.4 Å². The van der Waals surface area contributed by atoms with E-state index >= 15 is 0 Å². The molecular formula is C12H14N2O4. The Bertz CT molecular complexity index is 517. The van der Waals surface area contributed by atoms with Gasteiger partial charge in [0.1, 0.15) is 5.56 Å². The third-order valence-corrected chi connectivity index (χ3v) is 2.93. The molecular weight excluding hydrogens is 236 g/mol. The first kappa shape index (κ1) is 12.5. The first-order chi connectivity index (χ1) is 8.30. The molecule has 0 aliphatic carbocycles. The van der Waals surface area contributed by atoms with E-state index in [4.69, 9.17) is 0 Å². The fraction of sp³-hybridized carbons (Fsp3) is 0.417. The number of aryl methyl sites for hydroxylation is 1. The molecule has 1 N–H and O–H groups in total. The van der Waals surface area contributed by atoms with Crippen molar-refractivity contribution < 1.29 is 14.8 Å². The largest absolute Gasteiger partial charge is 0.386 e. The van der Waals surface area contributed by atoms with E-state index in [9.17, 15) is 20.0 Å². The summed E-state index contributed by atoms with van der Waals surface area (Å²) in [5, 5.41) is 20.5. The molecule has 0 bridgehead atoms. The minimum absolute atomic E-state index is 0.0792. The van der Waals surface area contributed by atoms with Crippen LogP contribution in [0, 0.1) is 17.0 Å². The number of amides is 1. The van der Waals surface area contributed by atoms with Gasteiger partial charge < -0.3 is 10.0 Å².